The topological polar surface area (TPSA) is 84.2 Å². The van der Waals surface area contributed by atoms with Gasteiger partial charge in [-0.3, -0.25) is 20.4 Å². The molecule has 4 aliphatic rings. The standard InChI is InChI=1S/C21H23N3O3/c25-19(17-3-1-16(2-4-17)18-11-22-12-27-18)23-24-20(26)21-8-13-5-14(9-21)7-15(6-13)10-21/h1-4,11-15H,5-10H2,(H,23,25)(H,24,26). The van der Waals surface area contributed by atoms with Gasteiger partial charge in [-0.2, -0.15) is 0 Å². The fourth-order valence-electron chi connectivity index (χ4n) is 5.85. The summed E-state index contributed by atoms with van der Waals surface area (Å²) in [5, 5.41) is 0. The first-order chi connectivity index (χ1) is 13.1. The van der Waals surface area contributed by atoms with Crippen LogP contribution in [-0.2, 0) is 4.79 Å². The molecule has 1 aromatic carbocycles. The molecule has 2 aromatic rings. The minimum atomic E-state index is -0.308. The summed E-state index contributed by atoms with van der Waals surface area (Å²) in [5.74, 6) is 2.42. The van der Waals surface area contributed by atoms with Gasteiger partial charge < -0.3 is 4.42 Å². The summed E-state index contributed by atoms with van der Waals surface area (Å²) < 4.78 is 5.25. The summed E-state index contributed by atoms with van der Waals surface area (Å²) in [7, 11) is 0. The van der Waals surface area contributed by atoms with E-state index in [0.29, 0.717) is 29.1 Å². The molecule has 1 aromatic heterocycles. The molecule has 27 heavy (non-hydrogen) atoms. The van der Waals surface area contributed by atoms with Crippen LogP contribution in [-0.4, -0.2) is 16.8 Å². The second kappa shape index (κ2) is 6.22. The third-order valence-corrected chi connectivity index (χ3v) is 6.67. The molecule has 2 amide bonds. The van der Waals surface area contributed by atoms with Crippen molar-refractivity contribution in [3.05, 3.63) is 42.4 Å². The number of hydrazine groups is 1. The van der Waals surface area contributed by atoms with Crippen molar-refractivity contribution in [2.45, 2.75) is 38.5 Å². The quantitative estimate of drug-likeness (QED) is 0.817. The number of carbonyl (C=O) groups is 2. The van der Waals surface area contributed by atoms with Crippen LogP contribution in [0.25, 0.3) is 11.3 Å². The number of rotatable bonds is 3. The maximum Gasteiger partial charge on any atom is 0.269 e. The number of amides is 2. The molecular weight excluding hydrogens is 342 g/mol. The lowest BCUT2D eigenvalue weighted by atomic mass is 9.49. The van der Waals surface area contributed by atoms with Crippen molar-refractivity contribution in [3.8, 4) is 11.3 Å². The van der Waals surface area contributed by atoms with Gasteiger partial charge >= 0.3 is 0 Å². The lowest BCUT2D eigenvalue weighted by Crippen LogP contribution is -2.56. The summed E-state index contributed by atoms with van der Waals surface area (Å²) in [4.78, 5) is 29.2. The predicted octanol–water partition coefficient (Wildman–Crippen LogP) is 3.32. The van der Waals surface area contributed by atoms with E-state index in [9.17, 15) is 9.59 Å². The van der Waals surface area contributed by atoms with Crippen molar-refractivity contribution in [1.82, 2.24) is 15.8 Å². The molecule has 6 heteroatoms. The molecule has 6 nitrogen and oxygen atoms in total. The second-order valence-corrected chi connectivity index (χ2v) is 8.55. The van der Waals surface area contributed by atoms with Crippen LogP contribution in [0.5, 0.6) is 0 Å². The summed E-state index contributed by atoms with van der Waals surface area (Å²) >= 11 is 0. The number of aromatic nitrogens is 1. The first-order valence-electron chi connectivity index (χ1n) is 9.71. The summed E-state index contributed by atoms with van der Waals surface area (Å²) in [6.07, 6.45) is 9.80. The minimum absolute atomic E-state index is 0.00627. The number of hydrogen-bond acceptors (Lipinski definition) is 4. The fraction of sp³-hybridized carbons (Fsp3) is 0.476. The van der Waals surface area contributed by atoms with Crippen LogP contribution >= 0.6 is 0 Å². The molecule has 4 saturated carbocycles. The maximum absolute atomic E-state index is 12.9. The Morgan fingerprint density at radius 3 is 2.15 bits per heavy atom. The highest BCUT2D eigenvalue weighted by molar-refractivity contribution is 5.96. The van der Waals surface area contributed by atoms with Crippen LogP contribution in [0.1, 0.15) is 48.9 Å². The van der Waals surface area contributed by atoms with Crippen LogP contribution in [0.4, 0.5) is 0 Å². The zero-order chi connectivity index (χ0) is 18.4. The first kappa shape index (κ1) is 16.5. The maximum atomic E-state index is 12.9. The molecule has 0 unspecified atom stereocenters. The van der Waals surface area contributed by atoms with E-state index in [-0.39, 0.29) is 17.2 Å². The van der Waals surface area contributed by atoms with Gasteiger partial charge in [0.1, 0.15) is 0 Å². The number of carbonyl (C=O) groups excluding carboxylic acids is 2. The minimum Gasteiger partial charge on any atom is -0.444 e. The molecule has 2 N–H and O–H groups in total. The fourth-order valence-corrected chi connectivity index (χ4v) is 5.85. The molecule has 0 radical (unpaired) electrons. The molecule has 4 fully saturated rings. The molecule has 140 valence electrons. The number of benzene rings is 1. The molecule has 0 atom stereocenters. The van der Waals surface area contributed by atoms with Crippen molar-refractivity contribution in [3.63, 3.8) is 0 Å². The van der Waals surface area contributed by atoms with Crippen LogP contribution in [0, 0.1) is 23.2 Å². The van der Waals surface area contributed by atoms with Crippen LogP contribution in [0.15, 0.2) is 41.3 Å². The Balaban J connectivity index is 1.22. The smallest absolute Gasteiger partial charge is 0.269 e. The van der Waals surface area contributed by atoms with Crippen molar-refractivity contribution in [2.24, 2.45) is 23.2 Å². The molecular formula is C21H23N3O3. The van der Waals surface area contributed by atoms with Crippen LogP contribution in [0.2, 0.25) is 0 Å². The first-order valence-corrected chi connectivity index (χ1v) is 9.71. The normalized spacial score (nSPS) is 30.9. The second-order valence-electron chi connectivity index (χ2n) is 8.55. The van der Waals surface area contributed by atoms with E-state index in [1.165, 1.54) is 25.7 Å². The zero-order valence-corrected chi connectivity index (χ0v) is 15.1. The lowest BCUT2D eigenvalue weighted by molar-refractivity contribution is -0.147. The van der Waals surface area contributed by atoms with Gasteiger partial charge in [0.25, 0.3) is 5.91 Å². The van der Waals surface area contributed by atoms with Gasteiger partial charge in [-0.25, -0.2) is 4.98 Å². The van der Waals surface area contributed by atoms with E-state index in [1.807, 2.05) is 0 Å². The van der Waals surface area contributed by atoms with Gasteiger partial charge in [-0.15, -0.1) is 0 Å². The van der Waals surface area contributed by atoms with Crippen molar-refractivity contribution in [1.29, 1.82) is 0 Å². The molecule has 6 rings (SSSR count). The average molecular weight is 365 g/mol. The van der Waals surface area contributed by atoms with Crippen molar-refractivity contribution < 1.29 is 14.0 Å². The monoisotopic (exact) mass is 365 g/mol. The Hall–Kier alpha value is -2.63. The Kier molecular flexibility index (Phi) is 3.81. The summed E-state index contributed by atoms with van der Waals surface area (Å²) in [6.45, 7) is 0. The Morgan fingerprint density at radius 2 is 1.59 bits per heavy atom. The third kappa shape index (κ3) is 2.93. The molecule has 0 aliphatic heterocycles. The average Bonchev–Trinajstić information content (AvgIpc) is 3.19. The number of hydrogen-bond donors (Lipinski definition) is 2. The highest BCUT2D eigenvalue weighted by Gasteiger charge is 2.54. The van der Waals surface area contributed by atoms with E-state index in [2.05, 4.69) is 15.8 Å². The van der Waals surface area contributed by atoms with E-state index < -0.39 is 0 Å². The van der Waals surface area contributed by atoms with E-state index in [0.717, 1.165) is 24.8 Å². The summed E-state index contributed by atoms with van der Waals surface area (Å²) in [5.41, 5.74) is 6.39. The van der Waals surface area contributed by atoms with Crippen molar-refractivity contribution in [2.75, 3.05) is 0 Å². The van der Waals surface area contributed by atoms with E-state index >= 15 is 0 Å². The Bertz CT molecular complexity index is 822. The third-order valence-electron chi connectivity index (χ3n) is 6.67. The molecule has 0 spiro atoms. The SMILES string of the molecule is O=C(NNC(=O)C12CC3CC(CC(C3)C1)C2)c1ccc(-c2cnco2)cc1. The van der Waals surface area contributed by atoms with Crippen LogP contribution in [0.3, 0.4) is 0 Å². The van der Waals surface area contributed by atoms with Gasteiger partial charge in [-0.05, 0) is 68.4 Å². The van der Waals surface area contributed by atoms with E-state index in [4.69, 9.17) is 4.42 Å². The highest BCUT2D eigenvalue weighted by Crippen LogP contribution is 2.60. The molecule has 0 saturated heterocycles. The number of nitrogens with one attached hydrogen (secondary N) is 2. The predicted molar refractivity (Wildman–Crippen MR) is 98.2 cm³/mol. The van der Waals surface area contributed by atoms with Crippen LogP contribution < -0.4 is 10.9 Å². The number of nitrogens with zero attached hydrogens (tertiary/aromatic N) is 1. The largest absolute Gasteiger partial charge is 0.444 e. The molecule has 1 heterocycles. The van der Waals surface area contributed by atoms with Gasteiger partial charge in [0.2, 0.25) is 5.91 Å². The Labute approximate surface area is 157 Å². The molecule has 4 aliphatic carbocycles. The Morgan fingerprint density at radius 1 is 0.963 bits per heavy atom. The van der Waals surface area contributed by atoms with Gasteiger partial charge in [0.15, 0.2) is 12.2 Å². The van der Waals surface area contributed by atoms with E-state index in [1.54, 1.807) is 30.5 Å². The van der Waals surface area contributed by atoms with Gasteiger partial charge in [0, 0.05) is 11.1 Å². The molecule has 4 bridgehead atoms. The van der Waals surface area contributed by atoms with Gasteiger partial charge in [0.05, 0.1) is 11.6 Å². The lowest BCUT2D eigenvalue weighted by Gasteiger charge is -2.55. The number of oxazole rings is 1. The van der Waals surface area contributed by atoms with Gasteiger partial charge in [-0.1, -0.05) is 12.1 Å². The van der Waals surface area contributed by atoms with Crippen molar-refractivity contribution >= 4 is 11.8 Å². The summed E-state index contributed by atoms with van der Waals surface area (Å²) in [6, 6.07) is 7.03. The zero-order valence-electron chi connectivity index (χ0n) is 15.1. The highest BCUT2D eigenvalue weighted by atomic mass is 16.3.